The Kier molecular flexibility index (Phi) is 4.25. The summed E-state index contributed by atoms with van der Waals surface area (Å²) in [5.74, 6) is 0.226. The monoisotopic (exact) mass is 344 g/mol. The maximum absolute atomic E-state index is 13.1. The quantitative estimate of drug-likeness (QED) is 0.834. The lowest BCUT2D eigenvalue weighted by atomic mass is 10.0. The van der Waals surface area contributed by atoms with Crippen LogP contribution >= 0.6 is 0 Å². The fraction of sp³-hybridized carbons (Fsp3) is 0.500. The van der Waals surface area contributed by atoms with E-state index in [0.29, 0.717) is 24.6 Å². The van der Waals surface area contributed by atoms with Crippen LogP contribution in [0.2, 0.25) is 0 Å². The minimum Gasteiger partial charge on any atom is -0.382 e. The number of methoxy groups -OCH3 is 1. The topological polar surface area (TPSA) is 60.3 Å². The third kappa shape index (κ3) is 3.16. The number of benzene rings is 1. The van der Waals surface area contributed by atoms with Crippen molar-refractivity contribution in [2.75, 3.05) is 20.3 Å². The van der Waals surface area contributed by atoms with Gasteiger partial charge in [0.1, 0.15) is 17.6 Å². The molecule has 2 heterocycles. The largest absolute Gasteiger partial charge is 0.382 e. The SMILES string of the molecule is COC[C@@H]1c2nnn(CC3CC3)c2CCN1C(=O)c1ccc(F)cc1. The van der Waals surface area contributed by atoms with Gasteiger partial charge in [-0.15, -0.1) is 5.10 Å². The number of rotatable bonds is 5. The molecule has 1 amide bonds. The Bertz CT molecular complexity index is 770. The third-order valence-electron chi connectivity index (χ3n) is 4.95. The lowest BCUT2D eigenvalue weighted by Gasteiger charge is -2.34. The Balaban J connectivity index is 1.61. The second kappa shape index (κ2) is 6.55. The summed E-state index contributed by atoms with van der Waals surface area (Å²) in [5.41, 5.74) is 2.40. The van der Waals surface area contributed by atoms with Crippen LogP contribution in [0.1, 0.15) is 40.6 Å². The molecule has 2 aromatic rings. The predicted octanol–water partition coefficient (Wildman–Crippen LogP) is 2.21. The Hall–Kier alpha value is -2.28. The number of aromatic nitrogens is 3. The van der Waals surface area contributed by atoms with Crippen molar-refractivity contribution in [2.45, 2.75) is 31.8 Å². The molecule has 2 aliphatic rings. The van der Waals surface area contributed by atoms with Crippen molar-refractivity contribution in [3.8, 4) is 0 Å². The second-order valence-corrected chi connectivity index (χ2v) is 6.77. The highest BCUT2D eigenvalue weighted by Gasteiger charge is 2.36. The molecule has 6 nitrogen and oxygen atoms in total. The Morgan fingerprint density at radius 3 is 2.76 bits per heavy atom. The molecule has 1 aliphatic carbocycles. The molecule has 7 heteroatoms. The lowest BCUT2D eigenvalue weighted by Crippen LogP contribution is -2.42. The molecule has 0 unspecified atom stereocenters. The molecule has 1 saturated carbocycles. The molecular weight excluding hydrogens is 323 g/mol. The molecule has 4 rings (SSSR count). The van der Waals surface area contributed by atoms with Crippen LogP contribution in [0, 0.1) is 11.7 Å². The molecule has 25 heavy (non-hydrogen) atoms. The fourth-order valence-corrected chi connectivity index (χ4v) is 3.41. The Morgan fingerprint density at radius 2 is 2.08 bits per heavy atom. The number of carbonyl (C=O) groups excluding carboxylic acids is 1. The molecule has 0 spiro atoms. The maximum atomic E-state index is 13.1. The number of hydrogen-bond acceptors (Lipinski definition) is 4. The Morgan fingerprint density at radius 1 is 1.32 bits per heavy atom. The van der Waals surface area contributed by atoms with E-state index in [1.807, 2.05) is 4.68 Å². The highest BCUT2D eigenvalue weighted by molar-refractivity contribution is 5.94. The van der Waals surface area contributed by atoms with Crippen LogP contribution in [0.25, 0.3) is 0 Å². The van der Waals surface area contributed by atoms with Gasteiger partial charge in [0, 0.05) is 32.2 Å². The van der Waals surface area contributed by atoms with Crippen LogP contribution in [-0.4, -0.2) is 46.1 Å². The first-order chi connectivity index (χ1) is 12.2. The van der Waals surface area contributed by atoms with Crippen molar-refractivity contribution >= 4 is 5.91 Å². The second-order valence-electron chi connectivity index (χ2n) is 6.77. The highest BCUT2D eigenvalue weighted by atomic mass is 19.1. The van der Waals surface area contributed by atoms with Crippen molar-refractivity contribution in [1.82, 2.24) is 19.9 Å². The molecule has 132 valence electrons. The van der Waals surface area contributed by atoms with E-state index in [4.69, 9.17) is 4.74 Å². The van der Waals surface area contributed by atoms with E-state index in [0.717, 1.165) is 24.4 Å². The summed E-state index contributed by atoms with van der Waals surface area (Å²) < 4.78 is 20.5. The van der Waals surface area contributed by atoms with E-state index in [2.05, 4.69) is 10.3 Å². The molecule has 0 bridgehead atoms. The van der Waals surface area contributed by atoms with Crippen molar-refractivity contribution in [1.29, 1.82) is 0 Å². The molecule has 1 aromatic heterocycles. The van der Waals surface area contributed by atoms with Gasteiger partial charge < -0.3 is 9.64 Å². The van der Waals surface area contributed by atoms with Gasteiger partial charge in [0.25, 0.3) is 5.91 Å². The number of carbonyl (C=O) groups is 1. The molecule has 0 N–H and O–H groups in total. The average molecular weight is 344 g/mol. The summed E-state index contributed by atoms with van der Waals surface area (Å²) >= 11 is 0. The number of amides is 1. The number of ether oxygens (including phenoxy) is 1. The molecule has 0 radical (unpaired) electrons. The zero-order valence-electron chi connectivity index (χ0n) is 14.2. The maximum Gasteiger partial charge on any atom is 0.254 e. The van der Waals surface area contributed by atoms with Gasteiger partial charge in [-0.1, -0.05) is 5.21 Å². The lowest BCUT2D eigenvalue weighted by molar-refractivity contribution is 0.0490. The third-order valence-corrected chi connectivity index (χ3v) is 4.95. The van der Waals surface area contributed by atoms with Crippen molar-refractivity contribution in [3.05, 3.63) is 47.0 Å². The van der Waals surface area contributed by atoms with E-state index < -0.39 is 0 Å². The van der Waals surface area contributed by atoms with Crippen LogP contribution in [-0.2, 0) is 17.7 Å². The summed E-state index contributed by atoms with van der Waals surface area (Å²) in [6.45, 7) is 1.85. The van der Waals surface area contributed by atoms with Crippen LogP contribution < -0.4 is 0 Å². The van der Waals surface area contributed by atoms with Crippen molar-refractivity contribution in [3.63, 3.8) is 0 Å². The predicted molar refractivity (Wildman–Crippen MR) is 88.5 cm³/mol. The minimum absolute atomic E-state index is 0.135. The first-order valence-corrected chi connectivity index (χ1v) is 8.65. The van der Waals surface area contributed by atoms with Gasteiger partial charge in [0.15, 0.2) is 0 Å². The van der Waals surface area contributed by atoms with E-state index in [9.17, 15) is 9.18 Å². The van der Waals surface area contributed by atoms with Gasteiger partial charge in [-0.05, 0) is 43.0 Å². The molecule has 1 atom stereocenters. The van der Waals surface area contributed by atoms with Crippen molar-refractivity contribution in [2.24, 2.45) is 5.92 Å². The molecule has 1 aromatic carbocycles. The number of nitrogens with zero attached hydrogens (tertiary/aromatic N) is 4. The smallest absolute Gasteiger partial charge is 0.254 e. The van der Waals surface area contributed by atoms with Crippen molar-refractivity contribution < 1.29 is 13.9 Å². The molecule has 1 fully saturated rings. The first-order valence-electron chi connectivity index (χ1n) is 8.65. The van der Waals surface area contributed by atoms with Gasteiger partial charge in [-0.25, -0.2) is 9.07 Å². The fourth-order valence-electron chi connectivity index (χ4n) is 3.41. The minimum atomic E-state index is -0.353. The zero-order valence-corrected chi connectivity index (χ0v) is 14.2. The molecule has 0 saturated heterocycles. The number of hydrogen-bond donors (Lipinski definition) is 0. The van der Waals surface area contributed by atoms with Gasteiger partial charge in [-0.2, -0.15) is 0 Å². The van der Waals surface area contributed by atoms with Crippen LogP contribution in [0.3, 0.4) is 0 Å². The van der Waals surface area contributed by atoms with Gasteiger partial charge in [0.05, 0.1) is 12.3 Å². The summed E-state index contributed by atoms with van der Waals surface area (Å²) in [6, 6.07) is 5.38. The highest BCUT2D eigenvalue weighted by Crippen LogP contribution is 2.34. The van der Waals surface area contributed by atoms with E-state index >= 15 is 0 Å². The summed E-state index contributed by atoms with van der Waals surface area (Å²) in [5, 5.41) is 8.67. The van der Waals surface area contributed by atoms with Crippen LogP contribution in [0.15, 0.2) is 24.3 Å². The first kappa shape index (κ1) is 16.2. The van der Waals surface area contributed by atoms with E-state index in [1.54, 1.807) is 12.0 Å². The van der Waals surface area contributed by atoms with Gasteiger partial charge >= 0.3 is 0 Å². The number of fused-ring (bicyclic) bond motifs is 1. The standard InChI is InChI=1S/C18H21FN4O2/c1-25-11-16-17-15(23(21-20-17)10-12-2-3-12)8-9-22(16)18(24)13-4-6-14(19)7-5-13/h4-7,12,16H,2-3,8-11H2,1H3/t16-/m1/s1. The number of halogens is 1. The van der Waals surface area contributed by atoms with Crippen LogP contribution in [0.4, 0.5) is 4.39 Å². The van der Waals surface area contributed by atoms with Gasteiger partial charge in [-0.3, -0.25) is 4.79 Å². The molecule has 1 aliphatic heterocycles. The van der Waals surface area contributed by atoms with Gasteiger partial charge in [0.2, 0.25) is 0 Å². The zero-order chi connectivity index (χ0) is 17.4. The average Bonchev–Trinajstić information content (AvgIpc) is 3.34. The van der Waals surface area contributed by atoms with E-state index in [-0.39, 0.29) is 17.8 Å². The normalized spacial score (nSPS) is 19.8. The van der Waals surface area contributed by atoms with Crippen LogP contribution in [0.5, 0.6) is 0 Å². The summed E-state index contributed by atoms with van der Waals surface area (Å²) in [7, 11) is 1.61. The summed E-state index contributed by atoms with van der Waals surface area (Å²) in [4.78, 5) is 14.7. The Labute approximate surface area is 145 Å². The molecular formula is C18H21FN4O2. The summed E-state index contributed by atoms with van der Waals surface area (Å²) in [6.07, 6.45) is 3.23. The van der Waals surface area contributed by atoms with E-state index in [1.165, 1.54) is 37.1 Å².